The molecule has 1 unspecified atom stereocenters. The molecule has 4 nitrogen and oxygen atoms in total. The fraction of sp³-hybridized carbons (Fsp3) is 0.538. The summed E-state index contributed by atoms with van der Waals surface area (Å²) in [4.78, 5) is 16.0. The number of pyridine rings is 1. The number of halogens is 1. The second-order valence-electron chi connectivity index (χ2n) is 5.30. The first-order valence-electron chi connectivity index (χ1n) is 5.87. The Balaban J connectivity index is 2.79. The van der Waals surface area contributed by atoms with E-state index in [4.69, 9.17) is 5.11 Å². The number of hydrogen-bond donors (Lipinski definition) is 2. The fourth-order valence-electron chi connectivity index (χ4n) is 1.63. The summed E-state index contributed by atoms with van der Waals surface area (Å²) in [5, 5.41) is 12.0. The molecule has 0 saturated heterocycles. The maximum Gasteiger partial charge on any atom is 0.253 e. The molecule has 0 aliphatic carbocycles. The maximum absolute atomic E-state index is 12.1. The lowest BCUT2D eigenvalue weighted by Crippen LogP contribution is -2.44. The van der Waals surface area contributed by atoms with E-state index in [-0.39, 0.29) is 24.0 Å². The Morgan fingerprint density at radius 3 is 2.67 bits per heavy atom. The third-order valence-corrected chi connectivity index (χ3v) is 3.17. The molecule has 0 bridgehead atoms. The van der Waals surface area contributed by atoms with Gasteiger partial charge in [-0.05, 0) is 33.8 Å². The highest BCUT2D eigenvalue weighted by atomic mass is 79.9. The molecule has 100 valence electrons. The van der Waals surface area contributed by atoms with Crippen molar-refractivity contribution in [3.63, 3.8) is 0 Å². The molecule has 18 heavy (non-hydrogen) atoms. The van der Waals surface area contributed by atoms with Gasteiger partial charge in [-0.15, -0.1) is 0 Å². The number of aliphatic hydroxyl groups excluding tert-OH is 1. The molecule has 1 amide bonds. The summed E-state index contributed by atoms with van der Waals surface area (Å²) >= 11 is 3.28. The molecule has 1 heterocycles. The first-order valence-corrected chi connectivity index (χ1v) is 6.66. The monoisotopic (exact) mass is 314 g/mol. The second-order valence-corrected chi connectivity index (χ2v) is 6.21. The predicted molar refractivity (Wildman–Crippen MR) is 74.3 cm³/mol. The number of carbonyl (C=O) groups excluding carboxylic acids is 1. The number of hydrogen-bond acceptors (Lipinski definition) is 3. The van der Waals surface area contributed by atoms with Crippen molar-refractivity contribution in [1.82, 2.24) is 10.3 Å². The van der Waals surface area contributed by atoms with E-state index in [1.54, 1.807) is 12.3 Å². The van der Waals surface area contributed by atoms with Crippen LogP contribution in [0.5, 0.6) is 0 Å². The minimum atomic E-state index is -0.169. The van der Waals surface area contributed by atoms with Crippen LogP contribution < -0.4 is 5.32 Å². The molecule has 0 fully saturated rings. The highest BCUT2D eigenvalue weighted by Gasteiger charge is 2.26. The third-order valence-electron chi connectivity index (χ3n) is 2.74. The largest absolute Gasteiger partial charge is 0.396 e. The van der Waals surface area contributed by atoms with E-state index in [2.05, 4.69) is 26.2 Å². The molecule has 1 atom stereocenters. The van der Waals surface area contributed by atoms with E-state index in [9.17, 15) is 4.79 Å². The number of nitrogens with zero attached hydrogens (tertiary/aromatic N) is 1. The average Bonchev–Trinajstić information content (AvgIpc) is 2.27. The number of carbonyl (C=O) groups is 1. The number of rotatable bonds is 4. The van der Waals surface area contributed by atoms with E-state index in [0.29, 0.717) is 12.0 Å². The van der Waals surface area contributed by atoms with E-state index in [0.717, 1.165) is 4.47 Å². The minimum absolute atomic E-state index is 0.0545. The van der Waals surface area contributed by atoms with Crippen LogP contribution >= 0.6 is 15.9 Å². The molecule has 0 spiro atoms. The topological polar surface area (TPSA) is 62.2 Å². The first kappa shape index (κ1) is 15.1. The highest BCUT2D eigenvalue weighted by molar-refractivity contribution is 9.10. The van der Waals surface area contributed by atoms with E-state index >= 15 is 0 Å². The lowest BCUT2D eigenvalue weighted by Gasteiger charge is -2.31. The summed E-state index contributed by atoms with van der Waals surface area (Å²) in [5.74, 6) is -0.169. The lowest BCUT2D eigenvalue weighted by molar-refractivity contribution is 0.0884. The number of nitrogens with one attached hydrogen (secondary N) is 1. The van der Waals surface area contributed by atoms with Crippen LogP contribution in [0.25, 0.3) is 0 Å². The van der Waals surface area contributed by atoms with Crippen molar-refractivity contribution in [3.8, 4) is 0 Å². The SMILES string of the molecule is CC(C)(C)C(CCO)NC(=O)c1cncc(Br)c1. The molecule has 5 heteroatoms. The Bertz CT molecular complexity index is 416. The third kappa shape index (κ3) is 4.38. The van der Waals surface area contributed by atoms with Gasteiger partial charge in [0.2, 0.25) is 0 Å². The predicted octanol–water partition coefficient (Wildman–Crippen LogP) is 2.37. The zero-order valence-electron chi connectivity index (χ0n) is 10.9. The smallest absolute Gasteiger partial charge is 0.253 e. The molecule has 0 aromatic carbocycles. The molecule has 1 aromatic heterocycles. The average molecular weight is 315 g/mol. The zero-order chi connectivity index (χ0) is 13.8. The summed E-state index contributed by atoms with van der Waals surface area (Å²) in [6.07, 6.45) is 3.70. The van der Waals surface area contributed by atoms with Gasteiger partial charge in [0.05, 0.1) is 5.56 Å². The highest BCUT2D eigenvalue weighted by Crippen LogP contribution is 2.22. The minimum Gasteiger partial charge on any atom is -0.396 e. The van der Waals surface area contributed by atoms with E-state index in [1.165, 1.54) is 6.20 Å². The van der Waals surface area contributed by atoms with Crippen LogP contribution in [0.3, 0.4) is 0 Å². The van der Waals surface area contributed by atoms with Crippen LogP contribution in [0.1, 0.15) is 37.6 Å². The van der Waals surface area contributed by atoms with Gasteiger partial charge in [-0.25, -0.2) is 0 Å². The molecule has 1 rings (SSSR count). The molecule has 0 aliphatic heterocycles. The molecular formula is C13H19BrN2O2. The fourth-order valence-corrected chi connectivity index (χ4v) is 1.99. The van der Waals surface area contributed by atoms with E-state index < -0.39 is 0 Å². The Kier molecular flexibility index (Phi) is 5.28. The maximum atomic E-state index is 12.1. The molecule has 1 aromatic rings. The normalized spacial score (nSPS) is 13.2. The van der Waals surface area contributed by atoms with Gasteiger partial charge >= 0.3 is 0 Å². The van der Waals surface area contributed by atoms with Crippen LogP contribution in [-0.4, -0.2) is 28.6 Å². The first-order chi connectivity index (χ1) is 8.34. The van der Waals surface area contributed by atoms with Crippen molar-refractivity contribution in [2.24, 2.45) is 5.41 Å². The summed E-state index contributed by atoms with van der Waals surface area (Å²) in [7, 11) is 0. The van der Waals surface area contributed by atoms with Crippen LogP contribution in [0, 0.1) is 5.41 Å². The Labute approximate surface area is 116 Å². The quantitative estimate of drug-likeness (QED) is 0.897. The Hall–Kier alpha value is -0.940. The molecule has 0 aliphatic rings. The summed E-state index contributed by atoms with van der Waals surface area (Å²) in [6.45, 7) is 6.16. The summed E-state index contributed by atoms with van der Waals surface area (Å²) < 4.78 is 0.768. The Morgan fingerprint density at radius 2 is 2.17 bits per heavy atom. The Morgan fingerprint density at radius 1 is 1.50 bits per heavy atom. The summed E-state index contributed by atoms with van der Waals surface area (Å²) in [6, 6.07) is 1.65. The van der Waals surface area contributed by atoms with Crippen molar-refractivity contribution >= 4 is 21.8 Å². The van der Waals surface area contributed by atoms with Gasteiger partial charge in [-0.1, -0.05) is 20.8 Å². The molecule has 0 saturated carbocycles. The van der Waals surface area contributed by atoms with Crippen molar-refractivity contribution in [3.05, 3.63) is 28.5 Å². The van der Waals surface area contributed by atoms with Crippen LogP contribution in [0.2, 0.25) is 0 Å². The number of aromatic nitrogens is 1. The molecule has 2 N–H and O–H groups in total. The number of amides is 1. The van der Waals surface area contributed by atoms with Gasteiger partial charge < -0.3 is 10.4 Å². The van der Waals surface area contributed by atoms with E-state index in [1.807, 2.05) is 20.8 Å². The van der Waals surface area contributed by atoms with Crippen LogP contribution in [0.4, 0.5) is 0 Å². The van der Waals surface area contributed by atoms with Gasteiger partial charge in [-0.3, -0.25) is 9.78 Å². The lowest BCUT2D eigenvalue weighted by atomic mass is 9.85. The van der Waals surface area contributed by atoms with Crippen LogP contribution in [-0.2, 0) is 0 Å². The van der Waals surface area contributed by atoms with Crippen molar-refractivity contribution in [2.45, 2.75) is 33.2 Å². The van der Waals surface area contributed by atoms with Gasteiger partial charge in [0.15, 0.2) is 0 Å². The zero-order valence-corrected chi connectivity index (χ0v) is 12.5. The second kappa shape index (κ2) is 6.29. The number of aliphatic hydroxyl groups is 1. The molecule has 0 radical (unpaired) electrons. The van der Waals surface area contributed by atoms with Crippen molar-refractivity contribution in [1.29, 1.82) is 0 Å². The summed E-state index contributed by atoms with van der Waals surface area (Å²) in [5.41, 5.74) is 0.411. The van der Waals surface area contributed by atoms with Gasteiger partial charge in [0.1, 0.15) is 0 Å². The molecular weight excluding hydrogens is 296 g/mol. The van der Waals surface area contributed by atoms with Gasteiger partial charge in [-0.2, -0.15) is 0 Å². The van der Waals surface area contributed by atoms with Gasteiger partial charge in [0.25, 0.3) is 5.91 Å². The van der Waals surface area contributed by atoms with Crippen molar-refractivity contribution in [2.75, 3.05) is 6.61 Å². The van der Waals surface area contributed by atoms with Gasteiger partial charge in [0, 0.05) is 29.5 Å². The van der Waals surface area contributed by atoms with Crippen molar-refractivity contribution < 1.29 is 9.90 Å². The van der Waals surface area contributed by atoms with Crippen LogP contribution in [0.15, 0.2) is 22.9 Å². The standard InChI is InChI=1S/C13H19BrN2O2/c1-13(2,3)11(4-5-17)16-12(18)9-6-10(14)8-15-7-9/h6-8,11,17H,4-5H2,1-3H3,(H,16,18).